The van der Waals surface area contributed by atoms with Crippen LogP contribution in [0.5, 0.6) is 5.75 Å². The number of hydrogen-bond acceptors (Lipinski definition) is 7. The molecule has 0 amide bonds. The van der Waals surface area contributed by atoms with Crippen LogP contribution in [-0.4, -0.2) is 75.3 Å². The summed E-state index contributed by atoms with van der Waals surface area (Å²) in [6, 6.07) is 10.2. The third kappa shape index (κ3) is 4.54. The molecule has 7 heteroatoms. The molecule has 140 valence electrons. The fraction of sp³-hybridized carbons (Fsp3) is 0.474. The van der Waals surface area contributed by atoms with Gasteiger partial charge in [-0.05, 0) is 26.2 Å². The summed E-state index contributed by atoms with van der Waals surface area (Å²) in [6.07, 6.45) is 1.64. The number of piperazine rings is 1. The molecule has 1 aliphatic rings. The lowest BCUT2D eigenvalue weighted by Gasteiger charge is -2.37. The third-order valence-corrected chi connectivity index (χ3v) is 4.55. The van der Waals surface area contributed by atoms with E-state index in [0.717, 1.165) is 62.3 Å². The molecule has 1 aromatic carbocycles. The van der Waals surface area contributed by atoms with Crippen molar-refractivity contribution in [1.29, 1.82) is 0 Å². The number of aromatic nitrogens is 2. The van der Waals surface area contributed by atoms with Gasteiger partial charge in [-0.25, -0.2) is 9.97 Å². The molecule has 0 spiro atoms. The Bertz CT molecular complexity index is 700. The molecule has 0 radical (unpaired) electrons. The molecular weight excluding hydrogens is 328 g/mol. The van der Waals surface area contributed by atoms with Gasteiger partial charge in [0.25, 0.3) is 0 Å². The minimum absolute atomic E-state index is 0.866. The van der Waals surface area contributed by atoms with E-state index in [0.29, 0.717) is 0 Å². The lowest BCUT2D eigenvalue weighted by atomic mass is 10.2. The lowest BCUT2D eigenvalue weighted by molar-refractivity contribution is 0.413. The molecule has 0 aliphatic carbocycles. The number of likely N-dealkylation sites (N-methyl/N-ethyl adjacent to an activating group) is 1. The first-order valence-corrected chi connectivity index (χ1v) is 9.01. The van der Waals surface area contributed by atoms with Crippen molar-refractivity contribution in [3.63, 3.8) is 0 Å². The molecule has 2 heterocycles. The van der Waals surface area contributed by atoms with Crippen LogP contribution >= 0.6 is 0 Å². The summed E-state index contributed by atoms with van der Waals surface area (Å²) in [7, 11) is 5.85. The van der Waals surface area contributed by atoms with E-state index < -0.39 is 0 Å². The van der Waals surface area contributed by atoms with Crippen LogP contribution in [0.2, 0.25) is 0 Å². The smallest absolute Gasteiger partial charge is 0.142 e. The fourth-order valence-electron chi connectivity index (χ4n) is 3.09. The molecule has 1 saturated heterocycles. The summed E-state index contributed by atoms with van der Waals surface area (Å²) >= 11 is 0. The van der Waals surface area contributed by atoms with Crippen LogP contribution in [0.1, 0.15) is 0 Å². The standard InChI is InChI=1S/C19H28N6O/c1-23(2)9-8-20-18-14-19(22-15-21-18)25-12-10-24(11-13-25)16-6-4-5-7-17(16)26-3/h4-7,14-15H,8-13H2,1-3H3,(H,20,21,22). The lowest BCUT2D eigenvalue weighted by Crippen LogP contribution is -2.47. The molecule has 0 atom stereocenters. The van der Waals surface area contributed by atoms with Gasteiger partial charge < -0.3 is 24.8 Å². The van der Waals surface area contributed by atoms with Gasteiger partial charge in [0.15, 0.2) is 0 Å². The van der Waals surface area contributed by atoms with Crippen LogP contribution in [0.3, 0.4) is 0 Å². The van der Waals surface area contributed by atoms with E-state index in [9.17, 15) is 0 Å². The number of anilines is 3. The van der Waals surface area contributed by atoms with Crippen molar-refractivity contribution in [2.75, 3.05) is 75.6 Å². The molecule has 1 aromatic heterocycles. The first-order chi connectivity index (χ1) is 12.7. The molecular formula is C19H28N6O. The molecule has 7 nitrogen and oxygen atoms in total. The van der Waals surface area contributed by atoms with Crippen molar-refractivity contribution in [1.82, 2.24) is 14.9 Å². The van der Waals surface area contributed by atoms with Gasteiger partial charge in [-0.2, -0.15) is 0 Å². The average Bonchev–Trinajstić information content (AvgIpc) is 2.68. The number of methoxy groups -OCH3 is 1. The molecule has 1 N–H and O–H groups in total. The summed E-state index contributed by atoms with van der Waals surface area (Å²) in [5.74, 6) is 2.78. The van der Waals surface area contributed by atoms with E-state index in [4.69, 9.17) is 4.74 Å². The Balaban J connectivity index is 1.59. The van der Waals surface area contributed by atoms with Gasteiger partial charge in [-0.1, -0.05) is 12.1 Å². The monoisotopic (exact) mass is 356 g/mol. The Morgan fingerprint density at radius 1 is 1.08 bits per heavy atom. The maximum atomic E-state index is 5.49. The normalized spacial score (nSPS) is 14.6. The highest BCUT2D eigenvalue weighted by atomic mass is 16.5. The van der Waals surface area contributed by atoms with Crippen molar-refractivity contribution in [2.45, 2.75) is 0 Å². The first kappa shape index (κ1) is 18.3. The molecule has 1 aliphatic heterocycles. The van der Waals surface area contributed by atoms with Gasteiger partial charge in [0.1, 0.15) is 23.7 Å². The molecule has 0 saturated carbocycles. The van der Waals surface area contributed by atoms with Gasteiger partial charge in [0, 0.05) is 45.3 Å². The van der Waals surface area contributed by atoms with Crippen LogP contribution in [-0.2, 0) is 0 Å². The number of ether oxygens (including phenoxy) is 1. The van der Waals surface area contributed by atoms with Gasteiger partial charge in [-0.3, -0.25) is 0 Å². The first-order valence-electron chi connectivity index (χ1n) is 9.01. The molecule has 2 aromatic rings. The Kier molecular flexibility index (Phi) is 6.12. The predicted molar refractivity (Wildman–Crippen MR) is 106 cm³/mol. The number of hydrogen-bond donors (Lipinski definition) is 1. The molecule has 0 unspecified atom stereocenters. The maximum Gasteiger partial charge on any atom is 0.142 e. The van der Waals surface area contributed by atoms with Crippen LogP contribution in [0, 0.1) is 0 Å². The maximum absolute atomic E-state index is 5.49. The highest BCUT2D eigenvalue weighted by molar-refractivity contribution is 5.59. The summed E-state index contributed by atoms with van der Waals surface area (Å²) < 4.78 is 5.49. The minimum Gasteiger partial charge on any atom is -0.495 e. The van der Waals surface area contributed by atoms with Crippen molar-refractivity contribution >= 4 is 17.3 Å². The Hall–Kier alpha value is -2.54. The van der Waals surface area contributed by atoms with Crippen LogP contribution in [0.4, 0.5) is 17.3 Å². The highest BCUT2D eigenvalue weighted by Crippen LogP contribution is 2.29. The fourth-order valence-corrected chi connectivity index (χ4v) is 3.09. The summed E-state index contributed by atoms with van der Waals surface area (Å²) in [5.41, 5.74) is 1.16. The van der Waals surface area contributed by atoms with E-state index in [-0.39, 0.29) is 0 Å². The van der Waals surface area contributed by atoms with Crippen molar-refractivity contribution in [3.05, 3.63) is 36.7 Å². The highest BCUT2D eigenvalue weighted by Gasteiger charge is 2.20. The van der Waals surface area contributed by atoms with E-state index in [1.54, 1.807) is 13.4 Å². The Morgan fingerprint density at radius 2 is 1.81 bits per heavy atom. The van der Waals surface area contributed by atoms with Gasteiger partial charge in [0.2, 0.25) is 0 Å². The number of benzene rings is 1. The predicted octanol–water partition coefficient (Wildman–Crippen LogP) is 1.79. The topological polar surface area (TPSA) is 56.8 Å². The molecule has 3 rings (SSSR count). The van der Waals surface area contributed by atoms with E-state index >= 15 is 0 Å². The molecule has 26 heavy (non-hydrogen) atoms. The zero-order chi connectivity index (χ0) is 18.4. The van der Waals surface area contributed by atoms with Crippen LogP contribution in [0.25, 0.3) is 0 Å². The van der Waals surface area contributed by atoms with Crippen molar-refractivity contribution < 1.29 is 4.74 Å². The average molecular weight is 356 g/mol. The third-order valence-electron chi connectivity index (χ3n) is 4.55. The van der Waals surface area contributed by atoms with E-state index in [1.807, 2.05) is 18.2 Å². The zero-order valence-electron chi connectivity index (χ0n) is 15.9. The van der Waals surface area contributed by atoms with Crippen molar-refractivity contribution in [2.24, 2.45) is 0 Å². The van der Waals surface area contributed by atoms with Crippen molar-refractivity contribution in [3.8, 4) is 5.75 Å². The largest absolute Gasteiger partial charge is 0.495 e. The number of para-hydroxylation sites is 2. The SMILES string of the molecule is COc1ccccc1N1CCN(c2cc(NCCN(C)C)ncn2)CC1. The second kappa shape index (κ2) is 8.71. The van der Waals surface area contributed by atoms with Crippen LogP contribution in [0.15, 0.2) is 36.7 Å². The summed E-state index contributed by atoms with van der Waals surface area (Å²) in [5, 5.41) is 3.36. The van der Waals surface area contributed by atoms with Gasteiger partial charge in [0.05, 0.1) is 12.8 Å². The molecule has 0 bridgehead atoms. The Labute approximate surface area is 155 Å². The molecule has 1 fully saturated rings. The van der Waals surface area contributed by atoms with E-state index in [1.165, 1.54) is 0 Å². The second-order valence-corrected chi connectivity index (χ2v) is 6.64. The number of nitrogens with one attached hydrogen (secondary N) is 1. The van der Waals surface area contributed by atoms with Gasteiger partial charge in [-0.15, -0.1) is 0 Å². The number of nitrogens with zero attached hydrogens (tertiary/aromatic N) is 5. The summed E-state index contributed by atoms with van der Waals surface area (Å²) in [4.78, 5) is 15.6. The quantitative estimate of drug-likeness (QED) is 0.811. The second-order valence-electron chi connectivity index (χ2n) is 6.64. The number of rotatable bonds is 7. The van der Waals surface area contributed by atoms with E-state index in [2.05, 4.69) is 56.2 Å². The van der Waals surface area contributed by atoms with Crippen LogP contribution < -0.4 is 19.9 Å². The minimum atomic E-state index is 0.866. The van der Waals surface area contributed by atoms with Gasteiger partial charge >= 0.3 is 0 Å². The summed E-state index contributed by atoms with van der Waals surface area (Å²) in [6.45, 7) is 5.56. The zero-order valence-corrected chi connectivity index (χ0v) is 15.9. The Morgan fingerprint density at radius 3 is 2.54 bits per heavy atom.